The first-order chi connectivity index (χ1) is 14.4. The molecule has 0 spiro atoms. The van der Waals surface area contributed by atoms with E-state index in [0.29, 0.717) is 43.8 Å². The van der Waals surface area contributed by atoms with Crippen LogP contribution in [-0.4, -0.2) is 15.5 Å². The number of hydrogen-bond donors (Lipinski definition) is 1. The van der Waals surface area contributed by atoms with Crippen LogP contribution in [0.1, 0.15) is 26.4 Å². The molecule has 0 atom stereocenters. The molecule has 2 aromatic carbocycles. The molecule has 0 aliphatic carbocycles. The first-order valence-electron chi connectivity index (χ1n) is 9.18. The average Bonchev–Trinajstić information content (AvgIpc) is 3.08. The minimum Gasteiger partial charge on any atom is -0.347 e. The number of nitrogens with zero attached hydrogens (tertiary/aromatic N) is 2. The molecule has 8 heteroatoms. The van der Waals surface area contributed by atoms with Crippen LogP contribution in [-0.2, 0) is 13.1 Å². The molecule has 0 bridgehead atoms. The fraction of sp³-hybridized carbons (Fsp3) is 0.136. The van der Waals surface area contributed by atoms with Crippen LogP contribution in [0, 0.1) is 6.92 Å². The normalized spacial score (nSPS) is 11.0. The van der Waals surface area contributed by atoms with Gasteiger partial charge < -0.3 is 5.32 Å². The highest BCUT2D eigenvalue weighted by molar-refractivity contribution is 7.20. The molecule has 0 saturated heterocycles. The fourth-order valence-corrected chi connectivity index (χ4v) is 4.54. The Morgan fingerprint density at radius 1 is 1.13 bits per heavy atom. The van der Waals surface area contributed by atoms with Gasteiger partial charge in [0.1, 0.15) is 4.83 Å². The molecule has 0 fully saturated rings. The summed E-state index contributed by atoms with van der Waals surface area (Å²) >= 11 is 13.3. The van der Waals surface area contributed by atoms with Crippen molar-refractivity contribution in [3.8, 4) is 0 Å². The van der Waals surface area contributed by atoms with E-state index in [1.165, 1.54) is 22.2 Å². The molecule has 0 unspecified atom stereocenters. The zero-order valence-electron chi connectivity index (χ0n) is 16.0. The maximum absolute atomic E-state index is 13.1. The molecule has 30 heavy (non-hydrogen) atoms. The molecule has 4 aromatic rings. The van der Waals surface area contributed by atoms with Gasteiger partial charge in [-0.1, -0.05) is 53.5 Å². The van der Waals surface area contributed by atoms with Gasteiger partial charge in [0.05, 0.1) is 23.1 Å². The third kappa shape index (κ3) is 4.12. The zero-order valence-corrected chi connectivity index (χ0v) is 18.3. The minimum absolute atomic E-state index is 0.189. The Morgan fingerprint density at radius 3 is 2.60 bits per heavy atom. The van der Waals surface area contributed by atoms with Crippen LogP contribution in [0.15, 0.2) is 59.7 Å². The largest absolute Gasteiger partial charge is 0.347 e. The Morgan fingerprint density at radius 2 is 1.87 bits per heavy atom. The molecule has 4 rings (SSSR count). The van der Waals surface area contributed by atoms with Crippen LogP contribution in [0.5, 0.6) is 0 Å². The highest BCUT2D eigenvalue weighted by atomic mass is 35.5. The van der Waals surface area contributed by atoms with E-state index in [2.05, 4.69) is 10.3 Å². The third-order valence-electron chi connectivity index (χ3n) is 4.79. The number of aryl methyl sites for hydroxylation is 1. The number of nitrogens with one attached hydrogen (secondary N) is 1. The van der Waals surface area contributed by atoms with Gasteiger partial charge in [-0.25, -0.2) is 4.98 Å². The van der Waals surface area contributed by atoms with Crippen LogP contribution < -0.4 is 10.9 Å². The number of carbonyl (C=O) groups is 1. The van der Waals surface area contributed by atoms with Crippen molar-refractivity contribution in [2.75, 3.05) is 0 Å². The van der Waals surface area contributed by atoms with Crippen LogP contribution in [0.4, 0.5) is 0 Å². The molecule has 2 aromatic heterocycles. The van der Waals surface area contributed by atoms with Crippen LogP contribution in [0.2, 0.25) is 10.0 Å². The SMILES string of the molecule is Cc1c(C(=O)NCc2ccc(Cl)cc2)sc2ncn(Cc3ccccc3Cl)c(=O)c12. The Hall–Kier alpha value is -2.67. The van der Waals surface area contributed by atoms with Gasteiger partial charge in [0.15, 0.2) is 0 Å². The second-order valence-electron chi connectivity index (χ2n) is 6.81. The molecular formula is C22H17Cl2N3O2S. The molecule has 0 aliphatic heterocycles. The van der Waals surface area contributed by atoms with Crippen molar-refractivity contribution in [2.24, 2.45) is 0 Å². The number of halogens is 2. The topological polar surface area (TPSA) is 64.0 Å². The molecular weight excluding hydrogens is 441 g/mol. The summed E-state index contributed by atoms with van der Waals surface area (Å²) in [4.78, 5) is 31.2. The number of hydrogen-bond acceptors (Lipinski definition) is 4. The van der Waals surface area contributed by atoms with E-state index in [-0.39, 0.29) is 11.5 Å². The van der Waals surface area contributed by atoms with Crippen molar-refractivity contribution >= 4 is 50.7 Å². The summed E-state index contributed by atoms with van der Waals surface area (Å²) in [7, 11) is 0. The van der Waals surface area contributed by atoms with Crippen LogP contribution in [0.3, 0.4) is 0 Å². The van der Waals surface area contributed by atoms with Crippen molar-refractivity contribution < 1.29 is 4.79 Å². The third-order valence-corrected chi connectivity index (χ3v) is 6.61. The Bertz CT molecular complexity index is 1300. The maximum atomic E-state index is 13.1. The summed E-state index contributed by atoms with van der Waals surface area (Å²) in [6.45, 7) is 2.46. The quantitative estimate of drug-likeness (QED) is 0.455. The Labute approximate surface area is 186 Å². The van der Waals surface area contributed by atoms with Crippen LogP contribution in [0.25, 0.3) is 10.2 Å². The molecule has 1 N–H and O–H groups in total. The van der Waals surface area contributed by atoms with Crippen molar-refractivity contribution in [3.63, 3.8) is 0 Å². The first kappa shape index (κ1) is 20.6. The summed E-state index contributed by atoms with van der Waals surface area (Å²) in [5, 5.41) is 4.59. The molecule has 0 aliphatic rings. The summed E-state index contributed by atoms with van der Waals surface area (Å²) in [6.07, 6.45) is 1.50. The van der Waals surface area contributed by atoms with E-state index < -0.39 is 0 Å². The van der Waals surface area contributed by atoms with Crippen molar-refractivity contribution in [2.45, 2.75) is 20.0 Å². The average molecular weight is 458 g/mol. The van der Waals surface area contributed by atoms with Gasteiger partial charge in [-0.15, -0.1) is 11.3 Å². The number of benzene rings is 2. The molecule has 2 heterocycles. The van der Waals surface area contributed by atoms with E-state index in [1.807, 2.05) is 30.3 Å². The molecule has 0 saturated carbocycles. The van der Waals surface area contributed by atoms with Crippen LogP contribution >= 0.6 is 34.5 Å². The predicted molar refractivity (Wildman–Crippen MR) is 122 cm³/mol. The summed E-state index contributed by atoms with van der Waals surface area (Å²) in [5.74, 6) is -0.234. The first-order valence-corrected chi connectivity index (χ1v) is 10.8. The summed E-state index contributed by atoms with van der Waals surface area (Å²) in [6, 6.07) is 14.6. The van der Waals surface area contributed by atoms with Gasteiger partial charge >= 0.3 is 0 Å². The lowest BCUT2D eigenvalue weighted by Gasteiger charge is -2.07. The van der Waals surface area contributed by atoms with Crippen molar-refractivity contribution in [3.05, 3.63) is 96.8 Å². The van der Waals surface area contributed by atoms with E-state index in [4.69, 9.17) is 23.2 Å². The minimum atomic E-state index is -0.234. The van der Waals surface area contributed by atoms with Gasteiger partial charge in [-0.2, -0.15) is 0 Å². The zero-order chi connectivity index (χ0) is 21.3. The van der Waals surface area contributed by atoms with E-state index in [1.54, 1.807) is 25.1 Å². The highest BCUT2D eigenvalue weighted by Gasteiger charge is 2.19. The Balaban J connectivity index is 1.61. The lowest BCUT2D eigenvalue weighted by molar-refractivity contribution is 0.0954. The van der Waals surface area contributed by atoms with Gasteiger partial charge in [0.2, 0.25) is 0 Å². The van der Waals surface area contributed by atoms with Gasteiger partial charge in [0, 0.05) is 16.6 Å². The molecule has 1 amide bonds. The second-order valence-corrected chi connectivity index (χ2v) is 8.66. The van der Waals surface area contributed by atoms with Crippen molar-refractivity contribution in [1.82, 2.24) is 14.9 Å². The monoisotopic (exact) mass is 457 g/mol. The number of carbonyl (C=O) groups excluding carboxylic acids is 1. The smallest absolute Gasteiger partial charge is 0.262 e. The number of amides is 1. The number of aromatic nitrogens is 2. The van der Waals surface area contributed by atoms with E-state index in [9.17, 15) is 9.59 Å². The molecule has 152 valence electrons. The highest BCUT2D eigenvalue weighted by Crippen LogP contribution is 2.27. The molecule has 5 nitrogen and oxygen atoms in total. The molecule has 0 radical (unpaired) electrons. The number of fused-ring (bicyclic) bond motifs is 1. The van der Waals surface area contributed by atoms with E-state index in [0.717, 1.165) is 11.1 Å². The summed E-state index contributed by atoms with van der Waals surface area (Å²) < 4.78 is 1.51. The second kappa shape index (κ2) is 8.60. The van der Waals surface area contributed by atoms with Gasteiger partial charge in [-0.3, -0.25) is 14.2 Å². The van der Waals surface area contributed by atoms with Crippen molar-refractivity contribution in [1.29, 1.82) is 0 Å². The van der Waals surface area contributed by atoms with E-state index >= 15 is 0 Å². The fourth-order valence-electron chi connectivity index (χ4n) is 3.16. The lowest BCUT2D eigenvalue weighted by atomic mass is 10.2. The standard InChI is InChI=1S/C22H17Cl2N3O2S/c1-13-18-21(26-12-27(22(18)29)11-15-4-2-3-5-17(15)24)30-19(13)20(28)25-10-14-6-8-16(23)9-7-14/h2-9,12H,10-11H2,1H3,(H,25,28). The Kier molecular flexibility index (Phi) is 5.90. The predicted octanol–water partition coefficient (Wildman–Crippen LogP) is 5.05. The number of thiophene rings is 1. The lowest BCUT2D eigenvalue weighted by Crippen LogP contribution is -2.23. The maximum Gasteiger partial charge on any atom is 0.262 e. The summed E-state index contributed by atoms with van der Waals surface area (Å²) in [5.41, 5.74) is 2.21. The van der Waals surface area contributed by atoms with Gasteiger partial charge in [0.25, 0.3) is 11.5 Å². The number of rotatable bonds is 5. The van der Waals surface area contributed by atoms with Gasteiger partial charge in [-0.05, 0) is 41.8 Å².